The number of amides is 1. The first kappa shape index (κ1) is 17.6. The van der Waals surface area contributed by atoms with Gasteiger partial charge in [-0.3, -0.25) is 18.8 Å². The Labute approximate surface area is 146 Å². The number of likely N-dealkylation sites (tertiary alicyclic amines) is 1. The fourth-order valence-corrected chi connectivity index (χ4v) is 3.41. The average molecular weight is 346 g/mol. The SMILES string of the molecule is C[C@@H]1CCCN(CCCNC(=O)Cn2cnc3c(cnn3C)c2=O)C1. The Morgan fingerprint density at radius 1 is 1.44 bits per heavy atom. The Hall–Kier alpha value is -2.22. The Morgan fingerprint density at radius 2 is 2.28 bits per heavy atom. The molecule has 1 N–H and O–H groups in total. The molecule has 0 spiro atoms. The van der Waals surface area contributed by atoms with Gasteiger partial charge in [0.15, 0.2) is 5.65 Å². The van der Waals surface area contributed by atoms with Gasteiger partial charge in [-0.05, 0) is 38.3 Å². The lowest BCUT2D eigenvalue weighted by molar-refractivity contribution is -0.121. The van der Waals surface area contributed by atoms with E-state index in [0.29, 0.717) is 17.6 Å². The van der Waals surface area contributed by atoms with Gasteiger partial charge in [0, 0.05) is 20.1 Å². The first-order valence-electron chi connectivity index (χ1n) is 8.91. The van der Waals surface area contributed by atoms with Crippen LogP contribution >= 0.6 is 0 Å². The average Bonchev–Trinajstić information content (AvgIpc) is 2.96. The Balaban J connectivity index is 1.46. The van der Waals surface area contributed by atoms with Crippen LogP contribution in [-0.2, 0) is 18.4 Å². The van der Waals surface area contributed by atoms with Crippen LogP contribution in [0.25, 0.3) is 11.0 Å². The summed E-state index contributed by atoms with van der Waals surface area (Å²) in [5.41, 5.74) is 0.285. The minimum absolute atomic E-state index is 0.0165. The van der Waals surface area contributed by atoms with Crippen LogP contribution < -0.4 is 10.9 Å². The summed E-state index contributed by atoms with van der Waals surface area (Å²) in [6.07, 6.45) is 6.39. The van der Waals surface area contributed by atoms with E-state index in [-0.39, 0.29) is 18.0 Å². The first-order valence-corrected chi connectivity index (χ1v) is 8.91. The number of rotatable bonds is 6. The van der Waals surface area contributed by atoms with Crippen molar-refractivity contribution in [1.29, 1.82) is 0 Å². The molecule has 1 amide bonds. The summed E-state index contributed by atoms with van der Waals surface area (Å²) < 4.78 is 2.87. The van der Waals surface area contributed by atoms with E-state index in [4.69, 9.17) is 0 Å². The summed E-state index contributed by atoms with van der Waals surface area (Å²) in [5, 5.41) is 7.34. The van der Waals surface area contributed by atoms with Gasteiger partial charge < -0.3 is 10.2 Å². The number of hydrogen-bond donors (Lipinski definition) is 1. The maximum atomic E-state index is 12.3. The quantitative estimate of drug-likeness (QED) is 0.764. The van der Waals surface area contributed by atoms with Crippen molar-refractivity contribution in [2.24, 2.45) is 13.0 Å². The van der Waals surface area contributed by atoms with E-state index >= 15 is 0 Å². The molecule has 1 saturated heterocycles. The molecular formula is C17H26N6O2. The molecule has 0 unspecified atom stereocenters. The van der Waals surface area contributed by atoms with E-state index in [1.54, 1.807) is 11.7 Å². The van der Waals surface area contributed by atoms with E-state index in [1.165, 1.54) is 29.9 Å². The molecule has 1 aliphatic rings. The topological polar surface area (TPSA) is 85.1 Å². The number of piperidine rings is 1. The third kappa shape index (κ3) is 4.25. The van der Waals surface area contributed by atoms with Gasteiger partial charge in [-0.1, -0.05) is 6.92 Å². The lowest BCUT2D eigenvalue weighted by Gasteiger charge is -2.30. The van der Waals surface area contributed by atoms with Crippen molar-refractivity contribution in [3.63, 3.8) is 0 Å². The summed E-state index contributed by atoms with van der Waals surface area (Å²) in [6, 6.07) is 0. The van der Waals surface area contributed by atoms with Crippen LogP contribution in [0.4, 0.5) is 0 Å². The molecule has 3 heterocycles. The monoisotopic (exact) mass is 346 g/mol. The third-order valence-corrected chi connectivity index (χ3v) is 4.75. The molecule has 2 aromatic heterocycles. The number of aromatic nitrogens is 4. The number of aryl methyl sites for hydroxylation is 1. The second-order valence-corrected chi connectivity index (χ2v) is 6.93. The predicted octanol–water partition coefficient (Wildman–Crippen LogP) is 0.368. The van der Waals surface area contributed by atoms with Gasteiger partial charge in [0.25, 0.3) is 5.56 Å². The van der Waals surface area contributed by atoms with E-state index in [0.717, 1.165) is 32.0 Å². The van der Waals surface area contributed by atoms with E-state index in [2.05, 4.69) is 27.2 Å². The normalized spacial score (nSPS) is 18.6. The van der Waals surface area contributed by atoms with Crippen LogP contribution in [0, 0.1) is 5.92 Å². The lowest BCUT2D eigenvalue weighted by atomic mass is 10.0. The van der Waals surface area contributed by atoms with Crippen molar-refractivity contribution >= 4 is 16.9 Å². The minimum Gasteiger partial charge on any atom is -0.354 e. The van der Waals surface area contributed by atoms with Gasteiger partial charge in [0.05, 0.1) is 6.20 Å². The maximum Gasteiger partial charge on any atom is 0.264 e. The molecule has 3 rings (SSSR count). The number of hydrogen-bond acceptors (Lipinski definition) is 5. The summed E-state index contributed by atoms with van der Waals surface area (Å²) in [4.78, 5) is 31.1. The van der Waals surface area contributed by atoms with Crippen molar-refractivity contribution in [2.75, 3.05) is 26.2 Å². The second-order valence-electron chi connectivity index (χ2n) is 6.93. The minimum atomic E-state index is -0.240. The zero-order chi connectivity index (χ0) is 17.8. The molecule has 0 aromatic carbocycles. The van der Waals surface area contributed by atoms with Crippen LogP contribution in [-0.4, -0.2) is 56.3 Å². The van der Waals surface area contributed by atoms with Gasteiger partial charge >= 0.3 is 0 Å². The molecule has 136 valence electrons. The number of nitrogens with zero attached hydrogens (tertiary/aromatic N) is 5. The number of fused-ring (bicyclic) bond motifs is 1. The van der Waals surface area contributed by atoms with Gasteiger partial charge in [0.2, 0.25) is 5.91 Å². The van der Waals surface area contributed by atoms with Crippen LogP contribution in [0.1, 0.15) is 26.2 Å². The third-order valence-electron chi connectivity index (χ3n) is 4.75. The molecule has 1 atom stereocenters. The highest BCUT2D eigenvalue weighted by Gasteiger charge is 2.15. The number of carbonyl (C=O) groups excluding carboxylic acids is 1. The summed E-state index contributed by atoms with van der Waals surface area (Å²) in [5.74, 6) is 0.601. The Morgan fingerprint density at radius 3 is 3.08 bits per heavy atom. The molecule has 8 nitrogen and oxygen atoms in total. The second kappa shape index (κ2) is 7.77. The smallest absolute Gasteiger partial charge is 0.264 e. The van der Waals surface area contributed by atoms with Gasteiger partial charge in [-0.15, -0.1) is 0 Å². The van der Waals surface area contributed by atoms with Crippen LogP contribution in [0.3, 0.4) is 0 Å². The fraction of sp³-hybridized carbons (Fsp3) is 0.647. The van der Waals surface area contributed by atoms with Gasteiger partial charge in [-0.25, -0.2) is 4.98 Å². The van der Waals surface area contributed by atoms with Crippen molar-refractivity contribution in [1.82, 2.24) is 29.5 Å². The molecule has 8 heteroatoms. The molecule has 1 fully saturated rings. The number of carbonyl (C=O) groups is 1. The molecule has 0 aliphatic carbocycles. The largest absolute Gasteiger partial charge is 0.354 e. The van der Waals surface area contributed by atoms with E-state index in [1.807, 2.05) is 0 Å². The Bertz CT molecular complexity index is 796. The molecular weight excluding hydrogens is 320 g/mol. The van der Waals surface area contributed by atoms with E-state index in [9.17, 15) is 9.59 Å². The highest BCUT2D eigenvalue weighted by atomic mass is 16.2. The zero-order valence-corrected chi connectivity index (χ0v) is 14.9. The van der Waals surface area contributed by atoms with Crippen molar-refractivity contribution in [3.8, 4) is 0 Å². The van der Waals surface area contributed by atoms with Gasteiger partial charge in [-0.2, -0.15) is 5.10 Å². The highest BCUT2D eigenvalue weighted by molar-refractivity contribution is 5.77. The molecule has 1 aliphatic heterocycles. The first-order chi connectivity index (χ1) is 12.0. The Kier molecular flexibility index (Phi) is 5.47. The summed E-state index contributed by atoms with van der Waals surface area (Å²) in [7, 11) is 1.73. The van der Waals surface area contributed by atoms with Crippen molar-refractivity contribution in [2.45, 2.75) is 32.7 Å². The number of nitrogens with one attached hydrogen (secondary N) is 1. The van der Waals surface area contributed by atoms with Crippen LogP contribution in [0.5, 0.6) is 0 Å². The van der Waals surface area contributed by atoms with E-state index < -0.39 is 0 Å². The zero-order valence-electron chi connectivity index (χ0n) is 14.9. The van der Waals surface area contributed by atoms with Gasteiger partial charge in [0.1, 0.15) is 18.3 Å². The highest BCUT2D eigenvalue weighted by Crippen LogP contribution is 2.15. The molecule has 0 saturated carbocycles. The fourth-order valence-electron chi connectivity index (χ4n) is 3.41. The van der Waals surface area contributed by atoms with Crippen LogP contribution in [0.2, 0.25) is 0 Å². The maximum absolute atomic E-state index is 12.3. The lowest BCUT2D eigenvalue weighted by Crippen LogP contribution is -2.37. The standard InChI is InChI=1S/C17H26N6O2/c1-13-5-3-7-22(10-13)8-4-6-18-15(24)11-23-12-19-16-14(17(23)25)9-20-21(16)2/h9,12-13H,3-8,10-11H2,1-2H3,(H,18,24)/t13-/m1/s1. The molecule has 0 bridgehead atoms. The molecule has 2 aromatic rings. The summed E-state index contributed by atoms with van der Waals surface area (Å²) in [6.45, 7) is 6.22. The molecule has 0 radical (unpaired) electrons. The predicted molar refractivity (Wildman–Crippen MR) is 95.2 cm³/mol. The van der Waals surface area contributed by atoms with Crippen LogP contribution in [0.15, 0.2) is 17.3 Å². The summed E-state index contributed by atoms with van der Waals surface area (Å²) >= 11 is 0. The molecule has 25 heavy (non-hydrogen) atoms. The van der Waals surface area contributed by atoms with Crippen molar-refractivity contribution in [3.05, 3.63) is 22.9 Å². The van der Waals surface area contributed by atoms with Crippen molar-refractivity contribution < 1.29 is 4.79 Å².